The third-order valence-corrected chi connectivity index (χ3v) is 5.17. The van der Waals surface area contributed by atoms with Gasteiger partial charge in [0.15, 0.2) is 0 Å². The van der Waals surface area contributed by atoms with Crippen molar-refractivity contribution in [3.63, 3.8) is 0 Å². The number of carboxylic acid groups (broad SMARTS) is 1. The number of amides is 1. The van der Waals surface area contributed by atoms with Gasteiger partial charge in [0, 0.05) is 25.1 Å². The second kappa shape index (κ2) is 9.01. The van der Waals surface area contributed by atoms with Crippen molar-refractivity contribution in [2.45, 2.75) is 39.2 Å². The summed E-state index contributed by atoms with van der Waals surface area (Å²) in [6.07, 6.45) is 3.99. The first-order valence-electron chi connectivity index (χ1n) is 9.43. The number of likely N-dealkylation sites (tertiary alicyclic amines) is 1. The molecule has 1 unspecified atom stereocenters. The lowest BCUT2D eigenvalue weighted by Crippen LogP contribution is -2.44. The molecule has 1 saturated heterocycles. The van der Waals surface area contributed by atoms with E-state index < -0.39 is 17.5 Å². The highest BCUT2D eigenvalue weighted by atomic mass is 16.4. The molecule has 28 heavy (non-hydrogen) atoms. The number of nitrogens with zero attached hydrogens (tertiary/aromatic N) is 1. The van der Waals surface area contributed by atoms with Gasteiger partial charge >= 0.3 is 5.97 Å². The number of hydrogen-bond donors (Lipinski definition) is 4. The fraction of sp³-hybridized carbons (Fsp3) is 0.476. The number of benzene rings is 1. The largest absolute Gasteiger partial charge is 0.481 e. The van der Waals surface area contributed by atoms with E-state index in [1.165, 1.54) is 0 Å². The van der Waals surface area contributed by atoms with Crippen LogP contribution < -0.4 is 5.73 Å². The highest BCUT2D eigenvalue weighted by Gasteiger charge is 2.32. The summed E-state index contributed by atoms with van der Waals surface area (Å²) in [7, 11) is 0. The molecule has 0 aromatic heterocycles. The quantitative estimate of drug-likeness (QED) is 0.324. The zero-order valence-electron chi connectivity index (χ0n) is 16.4. The summed E-state index contributed by atoms with van der Waals surface area (Å²) in [4.78, 5) is 25.5. The number of hydrogen-bond acceptors (Lipinski definition) is 4. The van der Waals surface area contributed by atoms with E-state index in [-0.39, 0.29) is 24.1 Å². The molecule has 1 heterocycles. The van der Waals surface area contributed by atoms with Gasteiger partial charge in [-0.1, -0.05) is 36.4 Å². The molecule has 1 amide bonds. The number of nitrogen functional groups attached to an aromatic ring is 1. The minimum atomic E-state index is -0.866. The first-order valence-corrected chi connectivity index (χ1v) is 9.43. The van der Waals surface area contributed by atoms with Crippen molar-refractivity contribution >= 4 is 17.7 Å². The average Bonchev–Trinajstić information content (AvgIpc) is 2.65. The Balaban J connectivity index is 1.96. The van der Waals surface area contributed by atoms with Crippen LogP contribution in [0.15, 0.2) is 36.4 Å². The summed E-state index contributed by atoms with van der Waals surface area (Å²) in [6.45, 7) is 4.73. The minimum absolute atomic E-state index is 0.0309. The van der Waals surface area contributed by atoms with Crippen LogP contribution in [-0.4, -0.2) is 45.9 Å². The number of rotatable bonds is 7. The molecule has 5 N–H and O–H groups in total. The molecule has 2 rings (SSSR count). The van der Waals surface area contributed by atoms with Crippen LogP contribution in [0.5, 0.6) is 0 Å². The van der Waals surface area contributed by atoms with E-state index in [2.05, 4.69) is 0 Å². The Morgan fingerprint density at radius 2 is 1.86 bits per heavy atom. The number of piperidine rings is 1. The Labute approximate surface area is 165 Å². The molecule has 7 nitrogen and oxygen atoms in total. The van der Waals surface area contributed by atoms with Gasteiger partial charge in [-0.25, -0.2) is 0 Å². The number of aliphatic carboxylic acids is 1. The van der Waals surface area contributed by atoms with E-state index in [1.807, 2.05) is 0 Å². The predicted octanol–water partition coefficient (Wildman–Crippen LogP) is 2.30. The van der Waals surface area contributed by atoms with Crippen molar-refractivity contribution < 1.29 is 19.8 Å². The van der Waals surface area contributed by atoms with Crippen LogP contribution in [-0.2, 0) is 9.59 Å². The minimum Gasteiger partial charge on any atom is -0.481 e. The molecule has 152 valence electrons. The van der Waals surface area contributed by atoms with Crippen molar-refractivity contribution in [3.8, 4) is 0 Å². The van der Waals surface area contributed by atoms with Crippen LogP contribution in [0, 0.1) is 16.7 Å². The van der Waals surface area contributed by atoms with Crippen molar-refractivity contribution in [2.75, 3.05) is 13.1 Å². The molecule has 0 aliphatic carbocycles. The zero-order chi connectivity index (χ0) is 20.9. The smallest absolute Gasteiger partial charge is 0.303 e. The van der Waals surface area contributed by atoms with Crippen LogP contribution in [0.3, 0.4) is 0 Å². The van der Waals surface area contributed by atoms with Gasteiger partial charge < -0.3 is 20.8 Å². The number of nitrogens with two attached hydrogens (primary N) is 1. The van der Waals surface area contributed by atoms with Crippen molar-refractivity contribution in [1.29, 1.82) is 5.41 Å². The highest BCUT2D eigenvalue weighted by molar-refractivity contribution is 5.94. The van der Waals surface area contributed by atoms with Crippen LogP contribution in [0.25, 0.3) is 0 Å². The first kappa shape index (κ1) is 21.6. The topological polar surface area (TPSA) is 128 Å². The van der Waals surface area contributed by atoms with E-state index >= 15 is 0 Å². The Kier molecular flexibility index (Phi) is 6.96. The van der Waals surface area contributed by atoms with Gasteiger partial charge in [0.2, 0.25) is 5.91 Å². The first-order chi connectivity index (χ1) is 13.1. The van der Waals surface area contributed by atoms with Gasteiger partial charge in [0.25, 0.3) is 0 Å². The second-order valence-corrected chi connectivity index (χ2v) is 7.89. The molecule has 1 aliphatic rings. The van der Waals surface area contributed by atoms with Gasteiger partial charge in [-0.2, -0.15) is 0 Å². The maximum absolute atomic E-state index is 12.9. The van der Waals surface area contributed by atoms with Crippen molar-refractivity contribution in [2.24, 2.45) is 17.1 Å². The molecule has 1 aromatic carbocycles. The Morgan fingerprint density at radius 3 is 2.36 bits per heavy atom. The molecule has 1 aliphatic heterocycles. The summed E-state index contributed by atoms with van der Waals surface area (Å²) in [6, 6.07) is 6.75. The second-order valence-electron chi connectivity index (χ2n) is 7.89. The number of carbonyl (C=O) groups is 2. The fourth-order valence-corrected chi connectivity index (χ4v) is 3.37. The lowest BCUT2D eigenvalue weighted by molar-refractivity contribution is -0.140. The normalized spacial score (nSPS) is 16.9. The van der Waals surface area contributed by atoms with E-state index in [9.17, 15) is 14.7 Å². The van der Waals surface area contributed by atoms with Crippen molar-refractivity contribution in [1.82, 2.24) is 4.90 Å². The average molecular weight is 387 g/mol. The van der Waals surface area contributed by atoms with Crippen LogP contribution in [0.4, 0.5) is 0 Å². The van der Waals surface area contributed by atoms with E-state index in [0.29, 0.717) is 37.1 Å². The number of nitrogens with one attached hydrogen (secondary N) is 1. The maximum atomic E-state index is 12.9. The fourth-order valence-electron chi connectivity index (χ4n) is 3.37. The number of carbonyl (C=O) groups excluding carboxylic acids is 1. The molecule has 1 atom stereocenters. The maximum Gasteiger partial charge on any atom is 0.303 e. The lowest BCUT2D eigenvalue weighted by Gasteiger charge is -2.35. The molecule has 7 heteroatoms. The van der Waals surface area contributed by atoms with Crippen LogP contribution in [0.2, 0.25) is 0 Å². The molecular weight excluding hydrogens is 358 g/mol. The highest BCUT2D eigenvalue weighted by Crippen LogP contribution is 2.28. The number of amidine groups is 1. The monoisotopic (exact) mass is 387 g/mol. The number of carboxylic acids is 1. The summed E-state index contributed by atoms with van der Waals surface area (Å²) < 4.78 is 0. The Morgan fingerprint density at radius 1 is 1.29 bits per heavy atom. The number of aliphatic hydroxyl groups excluding tert-OH is 1. The molecular formula is C21H29N3O4. The zero-order valence-corrected chi connectivity index (χ0v) is 16.4. The van der Waals surface area contributed by atoms with Gasteiger partial charge in [-0.05, 0) is 38.2 Å². The van der Waals surface area contributed by atoms with Crippen LogP contribution >= 0.6 is 0 Å². The standard InChI is InChI=1S/C21H29N3O4/c1-21(2,20(28)24-11-8-14(9-12-24)13-18(26)27)10-7-17(25)15-3-5-16(6-4-15)19(22)23/h3-7,10,14,17,25H,8-9,11-13H2,1-2H3,(H3,22,23)(H,26,27)/b10-7+. The summed E-state index contributed by atoms with van der Waals surface area (Å²) >= 11 is 0. The third kappa shape index (κ3) is 5.66. The van der Waals surface area contributed by atoms with Gasteiger partial charge in [0.1, 0.15) is 5.84 Å². The van der Waals surface area contributed by atoms with Crippen molar-refractivity contribution in [3.05, 3.63) is 47.5 Å². The van der Waals surface area contributed by atoms with Gasteiger partial charge in [0.05, 0.1) is 11.5 Å². The van der Waals surface area contributed by atoms with E-state index in [1.54, 1.807) is 55.2 Å². The predicted molar refractivity (Wildman–Crippen MR) is 107 cm³/mol. The van der Waals surface area contributed by atoms with Gasteiger partial charge in [-0.15, -0.1) is 0 Å². The molecule has 0 radical (unpaired) electrons. The van der Waals surface area contributed by atoms with E-state index in [0.717, 1.165) is 0 Å². The van der Waals surface area contributed by atoms with Gasteiger partial charge in [-0.3, -0.25) is 15.0 Å². The molecule has 0 bridgehead atoms. The summed E-state index contributed by atoms with van der Waals surface area (Å²) in [5.74, 6) is -0.731. The molecule has 0 spiro atoms. The Bertz CT molecular complexity index is 747. The lowest BCUT2D eigenvalue weighted by atomic mass is 9.87. The summed E-state index contributed by atoms with van der Waals surface area (Å²) in [5.41, 5.74) is 5.89. The van der Waals surface area contributed by atoms with E-state index in [4.69, 9.17) is 16.2 Å². The molecule has 0 saturated carbocycles. The SMILES string of the molecule is CC(C)(/C=C/C(O)c1ccc(C(=N)N)cc1)C(=O)N1CCC(CC(=O)O)CC1. The summed E-state index contributed by atoms with van der Waals surface area (Å²) in [5, 5.41) is 26.7. The van der Waals surface area contributed by atoms with Crippen LogP contribution in [0.1, 0.15) is 50.3 Å². The number of aliphatic hydroxyl groups is 1. The Hall–Kier alpha value is -2.67. The molecule has 1 aromatic rings. The molecule has 1 fully saturated rings. The third-order valence-electron chi connectivity index (χ3n) is 5.17.